The summed E-state index contributed by atoms with van der Waals surface area (Å²) in [7, 11) is 1.63. The Labute approximate surface area is 203 Å². The minimum Gasteiger partial charge on any atom is -0.497 e. The quantitative estimate of drug-likeness (QED) is 0.298. The Balaban J connectivity index is 0.000000201. The maximum absolute atomic E-state index is 11.9. The van der Waals surface area contributed by atoms with Gasteiger partial charge in [-0.05, 0) is 38.5 Å². The summed E-state index contributed by atoms with van der Waals surface area (Å²) in [5.74, 6) is 1.06. The predicted octanol–water partition coefficient (Wildman–Crippen LogP) is 7.31. The van der Waals surface area contributed by atoms with Crippen LogP contribution in [0.3, 0.4) is 0 Å². The van der Waals surface area contributed by atoms with Crippen molar-refractivity contribution in [2.75, 3.05) is 7.11 Å². The van der Waals surface area contributed by atoms with Crippen molar-refractivity contribution in [3.05, 3.63) is 137 Å². The fourth-order valence-corrected chi connectivity index (χ4v) is 2.96. The summed E-state index contributed by atoms with van der Waals surface area (Å²) in [6, 6.07) is 34.6. The normalized spacial score (nSPS) is 9.53. The average Bonchev–Trinajstić information content (AvgIpc) is 2.88. The topological polar surface area (TPSA) is 43.4 Å². The van der Waals surface area contributed by atoms with Gasteiger partial charge in [0.2, 0.25) is 0 Å². The van der Waals surface area contributed by atoms with Gasteiger partial charge in [-0.1, -0.05) is 108 Å². The molecule has 0 radical (unpaired) electrons. The zero-order valence-electron chi connectivity index (χ0n) is 20.3. The number of Topliss-reactive ketones (excluding diaryl/α,β-unsaturated/α-hetero) is 2. The number of ether oxygens (including phenoxy) is 1. The molecular weight excluding hydrogens is 420 g/mol. The lowest BCUT2D eigenvalue weighted by molar-refractivity contribution is 0.0990. The monoisotopic (exact) mass is 452 g/mol. The Morgan fingerprint density at radius 1 is 0.618 bits per heavy atom. The number of methoxy groups -OCH3 is 1. The first kappa shape index (κ1) is 26.3. The maximum atomic E-state index is 11.9. The molecule has 4 aromatic rings. The summed E-state index contributed by atoms with van der Waals surface area (Å²) in [5, 5.41) is 0. The van der Waals surface area contributed by atoms with Crippen molar-refractivity contribution >= 4 is 11.6 Å². The highest BCUT2D eigenvalue weighted by Crippen LogP contribution is 2.13. The van der Waals surface area contributed by atoms with Gasteiger partial charge < -0.3 is 4.74 Å². The zero-order valence-corrected chi connectivity index (χ0v) is 20.3. The maximum Gasteiger partial charge on any atom is 0.167 e. The molecule has 0 unspecified atom stereocenters. The molecule has 0 bridgehead atoms. The van der Waals surface area contributed by atoms with E-state index in [0.717, 1.165) is 22.4 Å². The number of rotatable bonds is 5. The molecule has 0 aliphatic heterocycles. The number of hydrogen-bond acceptors (Lipinski definition) is 3. The predicted molar refractivity (Wildman–Crippen MR) is 140 cm³/mol. The van der Waals surface area contributed by atoms with E-state index in [9.17, 15) is 9.59 Å². The van der Waals surface area contributed by atoms with Crippen LogP contribution in [0.25, 0.3) is 0 Å². The standard InChI is InChI=1S/C15H14O2.C8H8O.C8H10/c1-17-14-9-7-12(8-10-14)11-15(16)13-5-3-2-4-6-13;1-7(9)8-5-3-2-4-6-8;1-7-3-5-8(2)6-4-7/h2-10H,11H2,1H3;2-6H,1H3;3-6H,1-2H3. The highest BCUT2D eigenvalue weighted by molar-refractivity contribution is 5.97. The molecule has 0 fully saturated rings. The molecule has 174 valence electrons. The van der Waals surface area contributed by atoms with Crippen LogP contribution in [0.4, 0.5) is 0 Å². The van der Waals surface area contributed by atoms with Crippen LogP contribution >= 0.6 is 0 Å². The average molecular weight is 453 g/mol. The van der Waals surface area contributed by atoms with Crippen LogP contribution in [0.5, 0.6) is 5.75 Å². The van der Waals surface area contributed by atoms with Crippen molar-refractivity contribution in [3.8, 4) is 5.75 Å². The fourth-order valence-electron chi connectivity index (χ4n) is 2.96. The van der Waals surface area contributed by atoms with Crippen molar-refractivity contribution in [2.45, 2.75) is 27.2 Å². The Bertz CT molecular complexity index is 1110. The van der Waals surface area contributed by atoms with Crippen LogP contribution in [0, 0.1) is 13.8 Å². The summed E-state index contributed by atoms with van der Waals surface area (Å²) in [5.41, 5.74) is 5.19. The summed E-state index contributed by atoms with van der Waals surface area (Å²) in [6.07, 6.45) is 0.425. The van der Waals surface area contributed by atoms with Crippen LogP contribution in [0.2, 0.25) is 0 Å². The van der Waals surface area contributed by atoms with Crippen molar-refractivity contribution < 1.29 is 14.3 Å². The summed E-state index contributed by atoms with van der Waals surface area (Å²) < 4.78 is 5.07. The molecule has 0 spiro atoms. The molecule has 0 aliphatic carbocycles. The smallest absolute Gasteiger partial charge is 0.167 e. The van der Waals surface area contributed by atoms with E-state index in [1.807, 2.05) is 84.9 Å². The first-order valence-electron chi connectivity index (χ1n) is 11.2. The highest BCUT2D eigenvalue weighted by atomic mass is 16.5. The number of benzene rings is 4. The first-order valence-corrected chi connectivity index (χ1v) is 11.2. The third-order valence-corrected chi connectivity index (χ3v) is 5.02. The van der Waals surface area contributed by atoms with E-state index in [4.69, 9.17) is 4.74 Å². The molecule has 0 saturated carbocycles. The lowest BCUT2D eigenvalue weighted by Crippen LogP contribution is -2.02. The summed E-state index contributed by atoms with van der Waals surface area (Å²) in [6.45, 7) is 5.76. The van der Waals surface area contributed by atoms with Crippen molar-refractivity contribution in [1.82, 2.24) is 0 Å². The third kappa shape index (κ3) is 9.66. The van der Waals surface area contributed by atoms with Gasteiger partial charge in [0.25, 0.3) is 0 Å². The van der Waals surface area contributed by atoms with E-state index in [1.54, 1.807) is 14.0 Å². The first-order chi connectivity index (χ1) is 16.4. The molecule has 0 N–H and O–H groups in total. The number of hydrogen-bond donors (Lipinski definition) is 0. The van der Waals surface area contributed by atoms with Crippen molar-refractivity contribution in [3.63, 3.8) is 0 Å². The molecule has 0 amide bonds. The van der Waals surface area contributed by atoms with E-state index >= 15 is 0 Å². The lowest BCUT2D eigenvalue weighted by atomic mass is 10.0. The summed E-state index contributed by atoms with van der Waals surface area (Å²) in [4.78, 5) is 22.6. The van der Waals surface area contributed by atoms with Gasteiger partial charge in [-0.2, -0.15) is 0 Å². The molecular formula is C31H32O3. The second-order valence-corrected chi connectivity index (χ2v) is 7.89. The van der Waals surface area contributed by atoms with Crippen LogP contribution in [-0.2, 0) is 6.42 Å². The molecule has 0 saturated heterocycles. The van der Waals surface area contributed by atoms with Crippen LogP contribution in [-0.4, -0.2) is 18.7 Å². The van der Waals surface area contributed by atoms with Gasteiger partial charge in [0.15, 0.2) is 11.6 Å². The largest absolute Gasteiger partial charge is 0.497 e. The van der Waals surface area contributed by atoms with Crippen LogP contribution in [0.1, 0.15) is 44.3 Å². The van der Waals surface area contributed by atoms with Gasteiger partial charge in [-0.3, -0.25) is 9.59 Å². The number of aryl methyl sites for hydroxylation is 2. The van der Waals surface area contributed by atoms with E-state index in [-0.39, 0.29) is 11.6 Å². The van der Waals surface area contributed by atoms with Crippen LogP contribution in [0.15, 0.2) is 109 Å². The van der Waals surface area contributed by atoms with Gasteiger partial charge in [0.05, 0.1) is 7.11 Å². The minimum absolute atomic E-state index is 0.121. The number of carbonyl (C=O) groups excluding carboxylic acids is 2. The van der Waals surface area contributed by atoms with Crippen LogP contribution < -0.4 is 4.74 Å². The minimum atomic E-state index is 0.121. The Kier molecular flexibility index (Phi) is 11.0. The molecule has 4 aromatic carbocycles. The summed E-state index contributed by atoms with van der Waals surface area (Å²) >= 11 is 0. The highest BCUT2D eigenvalue weighted by Gasteiger charge is 2.06. The molecule has 3 nitrogen and oxygen atoms in total. The number of carbonyl (C=O) groups is 2. The Morgan fingerprint density at radius 2 is 1.06 bits per heavy atom. The van der Waals surface area contributed by atoms with Gasteiger partial charge >= 0.3 is 0 Å². The Hall–Kier alpha value is -3.98. The second-order valence-electron chi connectivity index (χ2n) is 7.89. The molecule has 0 aromatic heterocycles. The van der Waals surface area contributed by atoms with Gasteiger partial charge in [0, 0.05) is 17.5 Å². The number of ketones is 2. The van der Waals surface area contributed by atoms with E-state index < -0.39 is 0 Å². The third-order valence-electron chi connectivity index (χ3n) is 5.02. The van der Waals surface area contributed by atoms with Gasteiger partial charge in [-0.25, -0.2) is 0 Å². The van der Waals surface area contributed by atoms with Gasteiger partial charge in [-0.15, -0.1) is 0 Å². The van der Waals surface area contributed by atoms with E-state index in [2.05, 4.69) is 38.1 Å². The molecule has 34 heavy (non-hydrogen) atoms. The molecule has 0 atom stereocenters. The lowest BCUT2D eigenvalue weighted by Gasteiger charge is -2.03. The van der Waals surface area contributed by atoms with Crippen molar-refractivity contribution in [2.24, 2.45) is 0 Å². The second kappa shape index (κ2) is 14.2. The molecule has 4 rings (SSSR count). The molecule has 3 heteroatoms. The van der Waals surface area contributed by atoms with Crippen molar-refractivity contribution in [1.29, 1.82) is 0 Å². The zero-order chi connectivity index (χ0) is 24.8. The fraction of sp³-hybridized carbons (Fsp3) is 0.161. The van der Waals surface area contributed by atoms with E-state index in [0.29, 0.717) is 6.42 Å². The van der Waals surface area contributed by atoms with E-state index in [1.165, 1.54) is 11.1 Å². The Morgan fingerprint density at radius 3 is 1.44 bits per heavy atom. The SMILES string of the molecule is CC(=O)c1ccccc1.COc1ccc(CC(=O)c2ccccc2)cc1.Cc1ccc(C)cc1. The van der Waals surface area contributed by atoms with Gasteiger partial charge in [0.1, 0.15) is 5.75 Å². The molecule has 0 heterocycles. The molecule has 0 aliphatic rings.